The number of anilines is 4. The van der Waals surface area contributed by atoms with Gasteiger partial charge in [-0.05, 0) is 45.0 Å². The number of para-hydroxylation sites is 2. The lowest BCUT2D eigenvalue weighted by Gasteiger charge is -2.16. The average molecular weight is 364 g/mol. The van der Waals surface area contributed by atoms with Gasteiger partial charge < -0.3 is 20.1 Å². The quantitative estimate of drug-likeness (QED) is 0.610. The van der Waals surface area contributed by atoms with Crippen LogP contribution in [-0.4, -0.2) is 23.2 Å². The number of ether oxygens (including phenoxy) is 2. The molecule has 0 aliphatic carbocycles. The van der Waals surface area contributed by atoms with Crippen molar-refractivity contribution in [2.75, 3.05) is 17.7 Å². The summed E-state index contributed by atoms with van der Waals surface area (Å²) in [6, 6.07) is 17.4. The number of aryl methyl sites for hydroxylation is 1. The minimum atomic E-state index is 0.0883. The second-order valence-electron chi connectivity index (χ2n) is 6.33. The van der Waals surface area contributed by atoms with Crippen LogP contribution in [0.1, 0.15) is 19.7 Å². The van der Waals surface area contributed by atoms with Crippen LogP contribution >= 0.6 is 0 Å². The van der Waals surface area contributed by atoms with Gasteiger partial charge in [-0.3, -0.25) is 0 Å². The number of hydrogen-bond donors (Lipinski definition) is 2. The first-order chi connectivity index (χ1) is 13.0. The topological polar surface area (TPSA) is 68.3 Å². The Bertz CT molecular complexity index is 912. The highest BCUT2D eigenvalue weighted by atomic mass is 16.5. The maximum absolute atomic E-state index is 5.86. The summed E-state index contributed by atoms with van der Waals surface area (Å²) < 4.78 is 11.1. The maximum atomic E-state index is 5.86. The van der Waals surface area contributed by atoms with Crippen LogP contribution in [0.25, 0.3) is 0 Å². The predicted octanol–water partition coefficient (Wildman–Crippen LogP) is 5.07. The molecule has 2 N–H and O–H groups in total. The molecule has 0 fully saturated rings. The van der Waals surface area contributed by atoms with Crippen molar-refractivity contribution in [3.8, 4) is 11.5 Å². The zero-order valence-electron chi connectivity index (χ0n) is 16.0. The SMILES string of the molecule is COc1cccc(Nc2cc(Nc3ccccc3OC(C)C)nc(C)n2)c1. The zero-order valence-corrected chi connectivity index (χ0v) is 16.0. The Morgan fingerprint density at radius 2 is 1.63 bits per heavy atom. The van der Waals surface area contributed by atoms with E-state index in [9.17, 15) is 0 Å². The summed E-state index contributed by atoms with van der Waals surface area (Å²) in [4.78, 5) is 8.95. The molecule has 0 bridgehead atoms. The molecule has 0 aliphatic heterocycles. The average Bonchev–Trinajstić information content (AvgIpc) is 2.62. The van der Waals surface area contributed by atoms with E-state index in [2.05, 4.69) is 20.6 Å². The molecule has 0 saturated carbocycles. The van der Waals surface area contributed by atoms with Crippen molar-refractivity contribution in [3.63, 3.8) is 0 Å². The van der Waals surface area contributed by atoms with Crippen LogP contribution in [0.4, 0.5) is 23.0 Å². The Balaban J connectivity index is 1.83. The van der Waals surface area contributed by atoms with Crippen molar-refractivity contribution in [1.29, 1.82) is 0 Å². The number of methoxy groups -OCH3 is 1. The van der Waals surface area contributed by atoms with Crippen molar-refractivity contribution >= 4 is 23.0 Å². The first-order valence-corrected chi connectivity index (χ1v) is 8.83. The van der Waals surface area contributed by atoms with Gasteiger partial charge in [-0.15, -0.1) is 0 Å². The van der Waals surface area contributed by atoms with E-state index >= 15 is 0 Å². The van der Waals surface area contributed by atoms with Crippen LogP contribution in [0.5, 0.6) is 11.5 Å². The van der Waals surface area contributed by atoms with E-state index in [-0.39, 0.29) is 6.10 Å². The lowest BCUT2D eigenvalue weighted by molar-refractivity contribution is 0.244. The molecule has 2 aromatic carbocycles. The minimum absolute atomic E-state index is 0.0883. The fourth-order valence-corrected chi connectivity index (χ4v) is 2.61. The van der Waals surface area contributed by atoms with Crippen LogP contribution in [-0.2, 0) is 0 Å². The Morgan fingerprint density at radius 1 is 0.889 bits per heavy atom. The molecular weight excluding hydrogens is 340 g/mol. The molecule has 0 aliphatic rings. The minimum Gasteiger partial charge on any atom is -0.497 e. The van der Waals surface area contributed by atoms with Crippen LogP contribution in [0.3, 0.4) is 0 Å². The van der Waals surface area contributed by atoms with E-state index in [1.165, 1.54) is 0 Å². The lowest BCUT2D eigenvalue weighted by Crippen LogP contribution is -2.08. The fourth-order valence-electron chi connectivity index (χ4n) is 2.61. The first kappa shape index (κ1) is 18.5. The van der Waals surface area contributed by atoms with Crippen molar-refractivity contribution in [1.82, 2.24) is 9.97 Å². The number of aromatic nitrogens is 2. The molecule has 0 saturated heterocycles. The standard InChI is InChI=1S/C21H24N4O2/c1-14(2)27-19-11-6-5-10-18(19)25-21-13-20(22-15(3)23-21)24-16-8-7-9-17(12-16)26-4/h5-14H,1-4H3,(H2,22,23,24,25). The second-order valence-corrected chi connectivity index (χ2v) is 6.33. The van der Waals surface area contributed by atoms with Gasteiger partial charge in [0.2, 0.25) is 0 Å². The molecule has 27 heavy (non-hydrogen) atoms. The van der Waals surface area contributed by atoms with Gasteiger partial charge in [0.15, 0.2) is 0 Å². The van der Waals surface area contributed by atoms with Gasteiger partial charge in [-0.25, -0.2) is 9.97 Å². The largest absolute Gasteiger partial charge is 0.497 e. The van der Waals surface area contributed by atoms with Gasteiger partial charge in [0, 0.05) is 17.8 Å². The van der Waals surface area contributed by atoms with Crippen LogP contribution in [0.15, 0.2) is 54.6 Å². The Hall–Kier alpha value is -3.28. The maximum Gasteiger partial charge on any atom is 0.143 e. The third-order valence-electron chi connectivity index (χ3n) is 3.69. The summed E-state index contributed by atoms with van der Waals surface area (Å²) in [6.07, 6.45) is 0.0883. The molecule has 140 valence electrons. The summed E-state index contributed by atoms with van der Waals surface area (Å²) in [6.45, 7) is 5.86. The van der Waals surface area contributed by atoms with Gasteiger partial charge in [0.05, 0.1) is 18.9 Å². The van der Waals surface area contributed by atoms with Crippen LogP contribution < -0.4 is 20.1 Å². The second kappa shape index (κ2) is 8.40. The Kier molecular flexibility index (Phi) is 5.76. The zero-order chi connectivity index (χ0) is 19.2. The Morgan fingerprint density at radius 3 is 2.37 bits per heavy atom. The van der Waals surface area contributed by atoms with E-state index in [0.717, 1.165) is 22.9 Å². The first-order valence-electron chi connectivity index (χ1n) is 8.83. The van der Waals surface area contributed by atoms with Gasteiger partial charge in [-0.1, -0.05) is 18.2 Å². The molecule has 3 aromatic rings. The lowest BCUT2D eigenvalue weighted by atomic mass is 10.2. The smallest absolute Gasteiger partial charge is 0.143 e. The van der Waals surface area contributed by atoms with Crippen LogP contribution in [0.2, 0.25) is 0 Å². The van der Waals surface area contributed by atoms with Gasteiger partial charge in [0.25, 0.3) is 0 Å². The predicted molar refractivity (Wildman–Crippen MR) is 109 cm³/mol. The third kappa shape index (κ3) is 5.10. The molecule has 6 heteroatoms. The third-order valence-corrected chi connectivity index (χ3v) is 3.69. The summed E-state index contributed by atoms with van der Waals surface area (Å²) >= 11 is 0. The molecular formula is C21H24N4O2. The van der Waals surface area contributed by atoms with Crippen molar-refractivity contribution < 1.29 is 9.47 Å². The highest BCUT2D eigenvalue weighted by Gasteiger charge is 2.08. The van der Waals surface area contributed by atoms with E-state index < -0.39 is 0 Å². The highest BCUT2D eigenvalue weighted by Crippen LogP contribution is 2.29. The molecule has 1 heterocycles. The number of benzene rings is 2. The molecule has 3 rings (SSSR count). The monoisotopic (exact) mass is 364 g/mol. The Labute approximate surface area is 159 Å². The van der Waals surface area contributed by atoms with Crippen molar-refractivity contribution in [2.45, 2.75) is 26.9 Å². The van der Waals surface area contributed by atoms with Crippen molar-refractivity contribution in [2.24, 2.45) is 0 Å². The summed E-state index contributed by atoms with van der Waals surface area (Å²) in [7, 11) is 1.65. The highest BCUT2D eigenvalue weighted by molar-refractivity contribution is 5.67. The summed E-state index contributed by atoms with van der Waals surface area (Å²) in [5.41, 5.74) is 1.75. The molecule has 0 amide bonds. The molecule has 0 unspecified atom stereocenters. The molecule has 0 radical (unpaired) electrons. The number of nitrogens with zero attached hydrogens (tertiary/aromatic N) is 2. The van der Waals surface area contributed by atoms with Crippen molar-refractivity contribution in [3.05, 3.63) is 60.4 Å². The molecule has 0 spiro atoms. The fraction of sp³-hybridized carbons (Fsp3) is 0.238. The van der Waals surface area contributed by atoms with E-state index in [1.807, 2.05) is 75.4 Å². The number of rotatable bonds is 7. The number of nitrogens with one attached hydrogen (secondary N) is 2. The van der Waals surface area contributed by atoms with E-state index in [1.54, 1.807) is 7.11 Å². The van der Waals surface area contributed by atoms with Gasteiger partial charge in [0.1, 0.15) is 29.0 Å². The summed E-state index contributed by atoms with van der Waals surface area (Å²) in [5.74, 6) is 3.61. The summed E-state index contributed by atoms with van der Waals surface area (Å²) in [5, 5.41) is 6.62. The van der Waals surface area contributed by atoms with Crippen LogP contribution in [0, 0.1) is 6.92 Å². The number of hydrogen-bond acceptors (Lipinski definition) is 6. The molecule has 1 aromatic heterocycles. The molecule has 0 atom stereocenters. The van der Waals surface area contributed by atoms with E-state index in [4.69, 9.17) is 9.47 Å². The van der Waals surface area contributed by atoms with Gasteiger partial charge in [-0.2, -0.15) is 0 Å². The van der Waals surface area contributed by atoms with Gasteiger partial charge >= 0.3 is 0 Å². The normalized spacial score (nSPS) is 10.6. The van der Waals surface area contributed by atoms with E-state index in [0.29, 0.717) is 17.5 Å². The molecule has 6 nitrogen and oxygen atoms in total.